The Morgan fingerprint density at radius 1 is 0.194 bits per heavy atom. The van der Waals surface area contributed by atoms with Gasteiger partial charge in [0.2, 0.25) is 0 Å². The first kappa shape index (κ1) is 161. The predicted molar refractivity (Wildman–Crippen MR) is 356 cm³/mol. The molecule has 0 unspecified atom stereocenters. The Balaban J connectivity index is -0.0000000362. The van der Waals surface area contributed by atoms with Gasteiger partial charge in [-0.2, -0.15) is 30.6 Å². The minimum atomic E-state index is -4.66. The van der Waals surface area contributed by atoms with Crippen molar-refractivity contribution in [3.05, 3.63) is 179 Å². The number of rotatable bonds is 15. The predicted octanol–water partition coefficient (Wildman–Crippen LogP) is -18.3. The minimum absolute atomic E-state index is 0. The molecule has 0 fully saturated rings. The van der Waals surface area contributed by atoms with Gasteiger partial charge in [-0.05, 0) is 36.4 Å². The molecule has 0 saturated heterocycles. The molecule has 0 radical (unpaired) electrons. The van der Waals surface area contributed by atoms with Crippen LogP contribution in [-0.2, 0) is 137 Å². The maximum absolute atomic E-state index is 11.1. The van der Waals surface area contributed by atoms with Gasteiger partial charge in [0.05, 0.1) is 66.7 Å². The van der Waals surface area contributed by atoms with E-state index in [1.807, 2.05) is 0 Å². The van der Waals surface area contributed by atoms with Crippen molar-refractivity contribution in [2.24, 2.45) is 30.6 Å². The Morgan fingerprint density at radius 2 is 0.276 bits per heavy atom. The van der Waals surface area contributed by atoms with Crippen LogP contribution in [0.15, 0.2) is 206 Å². The SMILES string of the molecule is O.O.O.O.O.O.O.O.O.O.O=S(=O)([O-])c1ccccc1/C=N/N=C/c1ccccc1S(=O)(=O)[O-].O=S(=O)([O-])c1ccccc1/C=N/N=C/c1ccccc1S(=O)(=O)[O-].O=S(=O)([O-])c1ccccc1/C=N/N=C/c1ccccc1S(=O)(=O)[O-].[Eu+3].[Eu+3].[OH3+].[OH3+].[OH3+].[OH3+].[OH3+].[OH3+].[OH3+].[OH3+].[OH3+].[OH3+].[OH3+].[OH3+].[OH3+].[OH3+]. The summed E-state index contributed by atoms with van der Waals surface area (Å²) in [6.45, 7) is 0. The first-order chi connectivity index (χ1) is 33.6. The van der Waals surface area contributed by atoms with Gasteiger partial charge < -0.3 is 159 Å². The Hall–Kier alpha value is -4.99. The maximum atomic E-state index is 11.1. The summed E-state index contributed by atoms with van der Waals surface area (Å²) in [7, 11) is -28.0. The topological polar surface area (TPSA) is 1190 Å². The summed E-state index contributed by atoms with van der Waals surface area (Å²) < 4.78 is 200. The molecule has 0 bridgehead atoms. The molecule has 0 atom stereocenters. The van der Waals surface area contributed by atoms with Crippen LogP contribution in [0.2, 0.25) is 0 Å². The summed E-state index contributed by atoms with van der Waals surface area (Å²) in [6.07, 6.45) is 6.22. The van der Waals surface area contributed by atoms with Crippen LogP contribution >= 0.6 is 0 Å². The van der Waals surface area contributed by atoms with Crippen LogP contribution in [-0.4, -0.2) is 170 Å². The zero-order valence-electron chi connectivity index (χ0n) is 49.6. The fourth-order valence-corrected chi connectivity index (χ4v) is 9.39. The van der Waals surface area contributed by atoms with Gasteiger partial charge in [0.1, 0.15) is 60.7 Å². The number of hydrogen-bond acceptors (Lipinski definition) is 24. The van der Waals surface area contributed by atoms with Crippen LogP contribution in [0.5, 0.6) is 0 Å². The summed E-state index contributed by atoms with van der Waals surface area (Å²) in [6, 6.07) is 32.4. The second-order valence-electron chi connectivity index (χ2n) is 13.4. The molecule has 6 rings (SSSR count). The van der Waals surface area contributed by atoms with Crippen LogP contribution in [0.25, 0.3) is 0 Å². The van der Waals surface area contributed by atoms with Crippen LogP contribution in [0.1, 0.15) is 33.4 Å². The number of benzene rings is 6. The van der Waals surface area contributed by atoms with Crippen LogP contribution in [0.3, 0.4) is 0 Å². The van der Waals surface area contributed by atoms with Crippen molar-refractivity contribution in [2.75, 3.05) is 0 Å². The summed E-state index contributed by atoms with van der Waals surface area (Å²) in [4.78, 5) is -2.71. The molecule has 0 saturated carbocycles. The Kier molecular flexibility index (Phi) is 118. The summed E-state index contributed by atoms with van der Waals surface area (Å²) in [5, 5.41) is 21.5. The second-order valence-corrected chi connectivity index (χ2v) is 21.5. The van der Waals surface area contributed by atoms with Crippen LogP contribution in [0, 0.1) is 98.8 Å². The van der Waals surface area contributed by atoms with Gasteiger partial charge in [-0.25, -0.2) is 50.5 Å². The van der Waals surface area contributed by atoms with E-state index in [9.17, 15) is 77.8 Å². The van der Waals surface area contributed by atoms with E-state index in [-0.39, 0.29) is 264 Å². The van der Waals surface area contributed by atoms with E-state index in [4.69, 9.17) is 0 Å². The molecule has 578 valence electrons. The van der Waals surface area contributed by atoms with Crippen molar-refractivity contribution in [3.63, 3.8) is 0 Å². The Labute approximate surface area is 638 Å². The molecule has 62 N–H and O–H groups in total. The molecule has 56 heteroatoms. The van der Waals surface area contributed by atoms with Gasteiger partial charge in [-0.3, -0.25) is 0 Å². The summed E-state index contributed by atoms with van der Waals surface area (Å²) in [5.74, 6) is 0. The Bertz CT molecular complexity index is 3230. The smallest absolute Gasteiger partial charge is 0.744 e. The van der Waals surface area contributed by atoms with Crippen molar-refractivity contribution < 1.29 is 308 Å². The quantitative estimate of drug-likeness (QED) is 0.0399. The monoisotopic (exact) mass is 1850 g/mol. The Morgan fingerprint density at radius 3 is 0.357 bits per heavy atom. The molecule has 6 aromatic carbocycles. The van der Waals surface area contributed by atoms with Gasteiger partial charge in [0.25, 0.3) is 0 Å². The van der Waals surface area contributed by atoms with Gasteiger partial charge in [-0.1, -0.05) is 109 Å². The first-order valence-corrected chi connectivity index (χ1v) is 27.5. The molecule has 6 aromatic rings. The summed E-state index contributed by atoms with van der Waals surface area (Å²) >= 11 is 0. The molecule has 48 nitrogen and oxygen atoms in total. The average Bonchev–Trinajstić information content (AvgIpc) is 3.30. The van der Waals surface area contributed by atoms with Crippen molar-refractivity contribution in [3.8, 4) is 0 Å². The molecule has 0 heterocycles. The molecule has 0 aromatic heterocycles. The zero-order valence-corrected chi connectivity index (χ0v) is 59.4. The van der Waals surface area contributed by atoms with Crippen molar-refractivity contribution >= 4 is 98.0 Å². The summed E-state index contributed by atoms with van der Waals surface area (Å²) in [5.41, 5.74) is 0.219. The molecule has 0 aliphatic heterocycles. The first-order valence-electron chi connectivity index (χ1n) is 19.1. The van der Waals surface area contributed by atoms with E-state index in [0.717, 1.165) is 73.7 Å². The van der Waals surface area contributed by atoms with Crippen molar-refractivity contribution in [2.45, 2.75) is 29.4 Å². The van der Waals surface area contributed by atoms with Crippen LogP contribution < -0.4 is 0 Å². The van der Waals surface area contributed by atoms with Gasteiger partial charge in [0.15, 0.2) is 0 Å². The molecule has 98 heavy (non-hydrogen) atoms. The zero-order chi connectivity index (χ0) is 53.4. The van der Waals surface area contributed by atoms with E-state index in [0.29, 0.717) is 0 Å². The van der Waals surface area contributed by atoms with Crippen molar-refractivity contribution in [1.82, 2.24) is 0 Å². The van der Waals surface area contributed by atoms with E-state index in [1.165, 1.54) is 109 Å². The van der Waals surface area contributed by atoms with E-state index < -0.39 is 90.1 Å². The molecular weight excluding hydrogens is 1760 g/mol. The second kappa shape index (κ2) is 71.8. The van der Waals surface area contributed by atoms with Gasteiger partial charge in [0, 0.05) is 33.4 Å². The van der Waals surface area contributed by atoms with E-state index >= 15 is 0 Å². The maximum Gasteiger partial charge on any atom is 3.00 e. The number of nitrogens with zero attached hydrogens (tertiary/aromatic N) is 6. The largest absolute Gasteiger partial charge is 3.00 e. The number of hydrogen-bond donors (Lipinski definition) is 0. The average molecular weight is 1850 g/mol. The van der Waals surface area contributed by atoms with E-state index in [1.54, 1.807) is 0 Å². The minimum Gasteiger partial charge on any atom is -0.744 e. The molecule has 0 amide bonds. The third-order valence-corrected chi connectivity index (χ3v) is 14.0. The third kappa shape index (κ3) is 52.9. The fraction of sp³-hybridized carbons (Fsp3) is 0. The third-order valence-electron chi connectivity index (χ3n) is 8.51. The molecule has 0 aliphatic rings. The van der Waals surface area contributed by atoms with E-state index in [2.05, 4.69) is 30.6 Å². The molecular formula is C42H92Eu2N6O42S6+14. The normalized spacial score (nSPS) is 9.49. The van der Waals surface area contributed by atoms with Crippen molar-refractivity contribution in [1.29, 1.82) is 0 Å². The van der Waals surface area contributed by atoms with Crippen LogP contribution in [0.4, 0.5) is 0 Å². The molecule has 0 spiro atoms. The fourth-order valence-electron chi connectivity index (χ4n) is 5.46. The standard InChI is InChI=1S/3C14H12N2O6S2.2Eu.24H2O/c3*17-23(18,19)13-7-3-1-5-11(13)9-15-16-10-12-6-2-4-8-14(12)24(20,21)22;;;;;;;;;;;;;;;;;;;;;;;;;;/h3*1-10H,(H,17,18,19)(H,20,21,22);;;24*1H2/q;;;2*+3;;;;;;;;;;;;;;;;;;;;;;;;/p+8/b3*15-9+,16-10+;;;;;;;;;;;;;;;;;;;;;;;;;;. The molecule has 0 aliphatic carbocycles. The van der Waals surface area contributed by atoms with Gasteiger partial charge in [-0.15, -0.1) is 0 Å². The van der Waals surface area contributed by atoms with Gasteiger partial charge >= 0.3 is 98.8 Å².